The van der Waals surface area contributed by atoms with Crippen molar-refractivity contribution >= 4 is 27.3 Å². The SMILES string of the molecule is CCOc1ncccc1CNC(=O)c1cc(S(C)(=O)=O)ccc1Cl. The molecule has 2 rings (SSSR count). The molecule has 1 aromatic heterocycles. The van der Waals surface area contributed by atoms with Crippen LogP contribution in [-0.4, -0.2) is 32.2 Å². The van der Waals surface area contributed by atoms with Gasteiger partial charge in [-0.05, 0) is 31.2 Å². The highest BCUT2D eigenvalue weighted by Gasteiger charge is 2.16. The van der Waals surface area contributed by atoms with Crippen LogP contribution in [0.5, 0.6) is 5.88 Å². The molecule has 8 heteroatoms. The first-order chi connectivity index (χ1) is 11.3. The van der Waals surface area contributed by atoms with Crippen LogP contribution in [0.15, 0.2) is 41.4 Å². The summed E-state index contributed by atoms with van der Waals surface area (Å²) in [5.41, 5.74) is 0.810. The quantitative estimate of drug-likeness (QED) is 0.846. The first-order valence-corrected chi connectivity index (χ1v) is 9.44. The van der Waals surface area contributed by atoms with Crippen LogP contribution in [0.4, 0.5) is 0 Å². The molecule has 1 N–H and O–H groups in total. The Kier molecular flexibility index (Phi) is 5.80. The predicted octanol–water partition coefficient (Wildman–Crippen LogP) is 2.47. The third-order valence-corrected chi connectivity index (χ3v) is 4.62. The Bertz CT molecular complexity index is 853. The van der Waals surface area contributed by atoms with Gasteiger partial charge in [-0.3, -0.25) is 4.79 Å². The Morgan fingerprint density at radius 3 is 2.75 bits per heavy atom. The molecule has 6 nitrogen and oxygen atoms in total. The van der Waals surface area contributed by atoms with Gasteiger partial charge < -0.3 is 10.1 Å². The third-order valence-electron chi connectivity index (χ3n) is 3.18. The molecular weight excluding hydrogens is 352 g/mol. The molecule has 0 radical (unpaired) electrons. The number of amides is 1. The van der Waals surface area contributed by atoms with E-state index in [1.54, 1.807) is 18.3 Å². The minimum atomic E-state index is -3.43. The van der Waals surface area contributed by atoms with Gasteiger partial charge in [0.1, 0.15) is 0 Å². The first kappa shape index (κ1) is 18.2. The zero-order chi connectivity index (χ0) is 17.7. The second-order valence-electron chi connectivity index (χ2n) is 5.00. The molecule has 0 aliphatic heterocycles. The summed E-state index contributed by atoms with van der Waals surface area (Å²) in [7, 11) is -3.43. The summed E-state index contributed by atoms with van der Waals surface area (Å²) in [5, 5.41) is 2.87. The average Bonchev–Trinajstić information content (AvgIpc) is 2.53. The van der Waals surface area contributed by atoms with Gasteiger partial charge >= 0.3 is 0 Å². The number of ether oxygens (including phenoxy) is 1. The van der Waals surface area contributed by atoms with Crippen molar-refractivity contribution in [3.8, 4) is 5.88 Å². The summed E-state index contributed by atoms with van der Waals surface area (Å²) in [6, 6.07) is 7.54. The lowest BCUT2D eigenvalue weighted by atomic mass is 10.2. The van der Waals surface area contributed by atoms with E-state index in [4.69, 9.17) is 16.3 Å². The summed E-state index contributed by atoms with van der Waals surface area (Å²) in [4.78, 5) is 16.5. The van der Waals surface area contributed by atoms with Crippen LogP contribution in [-0.2, 0) is 16.4 Å². The van der Waals surface area contributed by atoms with Crippen molar-refractivity contribution in [2.75, 3.05) is 12.9 Å². The monoisotopic (exact) mass is 368 g/mol. The Balaban J connectivity index is 2.19. The Labute approximate surface area is 145 Å². The van der Waals surface area contributed by atoms with E-state index >= 15 is 0 Å². The van der Waals surface area contributed by atoms with E-state index in [-0.39, 0.29) is 22.0 Å². The van der Waals surface area contributed by atoms with E-state index in [1.165, 1.54) is 18.2 Å². The molecule has 0 bridgehead atoms. The summed E-state index contributed by atoms with van der Waals surface area (Å²) < 4.78 is 28.6. The van der Waals surface area contributed by atoms with Gasteiger partial charge in [0, 0.05) is 24.6 Å². The van der Waals surface area contributed by atoms with Gasteiger partial charge in [0.2, 0.25) is 5.88 Å². The van der Waals surface area contributed by atoms with Gasteiger partial charge in [0.05, 0.1) is 22.1 Å². The molecule has 2 aromatic rings. The predicted molar refractivity (Wildman–Crippen MR) is 91.1 cm³/mol. The number of hydrogen-bond acceptors (Lipinski definition) is 5. The molecule has 1 amide bonds. The van der Waals surface area contributed by atoms with Gasteiger partial charge in [0.25, 0.3) is 5.91 Å². The van der Waals surface area contributed by atoms with Crippen molar-refractivity contribution in [1.82, 2.24) is 10.3 Å². The number of carbonyl (C=O) groups is 1. The van der Waals surface area contributed by atoms with Crippen molar-refractivity contribution in [2.24, 2.45) is 0 Å². The van der Waals surface area contributed by atoms with E-state index in [2.05, 4.69) is 10.3 Å². The van der Waals surface area contributed by atoms with Crippen molar-refractivity contribution in [2.45, 2.75) is 18.4 Å². The number of halogens is 1. The maximum atomic E-state index is 12.3. The van der Waals surface area contributed by atoms with Crippen LogP contribution in [0.1, 0.15) is 22.8 Å². The van der Waals surface area contributed by atoms with Gasteiger partial charge in [-0.15, -0.1) is 0 Å². The molecule has 0 unspecified atom stereocenters. The largest absolute Gasteiger partial charge is 0.478 e. The fraction of sp³-hybridized carbons (Fsp3) is 0.250. The Morgan fingerprint density at radius 1 is 1.33 bits per heavy atom. The smallest absolute Gasteiger partial charge is 0.253 e. The van der Waals surface area contributed by atoms with E-state index in [9.17, 15) is 13.2 Å². The van der Waals surface area contributed by atoms with E-state index in [0.717, 1.165) is 6.26 Å². The molecule has 0 aliphatic rings. The molecule has 1 aromatic carbocycles. The molecule has 128 valence electrons. The molecule has 0 aliphatic carbocycles. The highest BCUT2D eigenvalue weighted by molar-refractivity contribution is 7.90. The number of nitrogens with one attached hydrogen (secondary N) is 1. The lowest BCUT2D eigenvalue weighted by Gasteiger charge is -2.11. The zero-order valence-electron chi connectivity index (χ0n) is 13.2. The van der Waals surface area contributed by atoms with Crippen LogP contribution < -0.4 is 10.1 Å². The fourth-order valence-corrected chi connectivity index (χ4v) is 2.86. The zero-order valence-corrected chi connectivity index (χ0v) is 14.8. The Morgan fingerprint density at radius 2 is 2.08 bits per heavy atom. The number of aromatic nitrogens is 1. The van der Waals surface area contributed by atoms with Gasteiger partial charge in [-0.1, -0.05) is 17.7 Å². The van der Waals surface area contributed by atoms with Crippen molar-refractivity contribution in [3.05, 3.63) is 52.7 Å². The normalized spacial score (nSPS) is 11.1. The minimum absolute atomic E-state index is 0.0356. The summed E-state index contributed by atoms with van der Waals surface area (Å²) >= 11 is 6.01. The number of carbonyl (C=O) groups excluding carboxylic acids is 1. The number of rotatable bonds is 6. The number of nitrogens with zero attached hydrogens (tertiary/aromatic N) is 1. The Hall–Kier alpha value is -2.12. The number of sulfone groups is 1. The van der Waals surface area contributed by atoms with Crippen molar-refractivity contribution in [3.63, 3.8) is 0 Å². The lowest BCUT2D eigenvalue weighted by molar-refractivity contribution is 0.0950. The molecular formula is C16H17ClN2O4S. The molecule has 0 saturated heterocycles. The third kappa shape index (κ3) is 4.46. The first-order valence-electron chi connectivity index (χ1n) is 7.17. The second-order valence-corrected chi connectivity index (χ2v) is 7.42. The van der Waals surface area contributed by atoms with Crippen LogP contribution in [0, 0.1) is 0 Å². The summed E-state index contributed by atoms with van der Waals surface area (Å²) in [6.07, 6.45) is 2.67. The fourth-order valence-electron chi connectivity index (χ4n) is 2.01. The van der Waals surface area contributed by atoms with Crippen LogP contribution in [0.2, 0.25) is 5.02 Å². The van der Waals surface area contributed by atoms with Crippen LogP contribution in [0.3, 0.4) is 0 Å². The van der Waals surface area contributed by atoms with Gasteiger partial charge in [0.15, 0.2) is 9.84 Å². The second kappa shape index (κ2) is 7.63. The van der Waals surface area contributed by atoms with Crippen molar-refractivity contribution < 1.29 is 17.9 Å². The molecule has 0 spiro atoms. The molecule has 1 heterocycles. The maximum absolute atomic E-state index is 12.3. The van der Waals surface area contributed by atoms with E-state index in [0.29, 0.717) is 18.1 Å². The lowest BCUT2D eigenvalue weighted by Crippen LogP contribution is -2.24. The van der Waals surface area contributed by atoms with Crippen molar-refractivity contribution in [1.29, 1.82) is 0 Å². The van der Waals surface area contributed by atoms with E-state index < -0.39 is 15.7 Å². The van der Waals surface area contributed by atoms with Gasteiger partial charge in [-0.2, -0.15) is 0 Å². The topological polar surface area (TPSA) is 85.4 Å². The average molecular weight is 369 g/mol. The number of pyridine rings is 1. The number of hydrogen-bond donors (Lipinski definition) is 1. The summed E-state index contributed by atoms with van der Waals surface area (Å²) in [6.45, 7) is 2.48. The minimum Gasteiger partial charge on any atom is -0.478 e. The standard InChI is InChI=1S/C16H17ClN2O4S/c1-3-23-16-11(5-4-8-18-16)10-19-15(20)13-9-12(24(2,21)22)6-7-14(13)17/h4-9H,3,10H2,1-2H3,(H,19,20). The molecule has 24 heavy (non-hydrogen) atoms. The summed E-state index contributed by atoms with van der Waals surface area (Å²) in [5.74, 6) is -0.0342. The molecule has 0 atom stereocenters. The molecule has 0 saturated carbocycles. The van der Waals surface area contributed by atoms with Gasteiger partial charge in [-0.25, -0.2) is 13.4 Å². The highest BCUT2D eigenvalue weighted by Crippen LogP contribution is 2.21. The maximum Gasteiger partial charge on any atom is 0.253 e. The van der Waals surface area contributed by atoms with E-state index in [1.807, 2.05) is 6.92 Å². The van der Waals surface area contributed by atoms with Crippen LogP contribution >= 0.6 is 11.6 Å². The number of benzene rings is 1. The molecule has 0 fully saturated rings. The highest BCUT2D eigenvalue weighted by atomic mass is 35.5. The van der Waals surface area contributed by atoms with Crippen LogP contribution in [0.25, 0.3) is 0 Å².